The Labute approximate surface area is 191 Å². The number of hydrogen-bond acceptors (Lipinski definition) is 11. The van der Waals surface area contributed by atoms with Gasteiger partial charge in [0.05, 0.1) is 57.8 Å². The van der Waals surface area contributed by atoms with Crippen LogP contribution in [0, 0.1) is 10.1 Å². The zero-order valence-corrected chi connectivity index (χ0v) is 18.5. The van der Waals surface area contributed by atoms with Gasteiger partial charge in [0.25, 0.3) is 5.69 Å². The predicted octanol–water partition coefficient (Wildman–Crippen LogP) is 2.30. The Morgan fingerprint density at radius 3 is 1.64 bits per heavy atom. The summed E-state index contributed by atoms with van der Waals surface area (Å²) in [5.41, 5.74) is 0.237. The number of carbonyl (C=O) groups is 2. The Hall–Kier alpha value is -3.06. The molecule has 0 heterocycles. The van der Waals surface area contributed by atoms with Crippen molar-refractivity contribution in [3.8, 4) is 5.75 Å². The van der Waals surface area contributed by atoms with E-state index in [1.54, 1.807) is 6.92 Å². The van der Waals surface area contributed by atoms with Gasteiger partial charge in [0.15, 0.2) is 0 Å². The van der Waals surface area contributed by atoms with Crippen molar-refractivity contribution in [1.29, 1.82) is 0 Å². The average Bonchev–Trinajstić information content (AvgIpc) is 2.78. The highest BCUT2D eigenvalue weighted by Gasteiger charge is 2.09. The highest BCUT2D eigenvalue weighted by atomic mass is 16.7. The summed E-state index contributed by atoms with van der Waals surface area (Å²) in [6.45, 7) is 7.86. The molecule has 0 atom stereocenters. The van der Waals surface area contributed by atoms with Crippen LogP contribution >= 0.6 is 0 Å². The molecule has 0 aliphatic rings. The summed E-state index contributed by atoms with van der Waals surface area (Å²) < 4.78 is 35.7. The lowest BCUT2D eigenvalue weighted by Crippen LogP contribution is -2.16. The zero-order chi connectivity index (χ0) is 24.3. The molecule has 33 heavy (non-hydrogen) atoms. The van der Waals surface area contributed by atoms with Crippen LogP contribution in [0.15, 0.2) is 36.4 Å². The van der Waals surface area contributed by atoms with Gasteiger partial charge in [-0.1, -0.05) is 6.58 Å². The molecule has 0 saturated heterocycles. The molecule has 184 valence electrons. The number of nitrogens with zero attached hydrogens (tertiary/aromatic N) is 1. The number of non-ortho nitro benzene ring substituents is 1. The van der Waals surface area contributed by atoms with Gasteiger partial charge < -0.3 is 33.2 Å². The summed E-state index contributed by atoms with van der Waals surface area (Å²) in [6, 6.07) is 5.04. The van der Waals surface area contributed by atoms with Crippen molar-refractivity contribution >= 4 is 17.8 Å². The predicted molar refractivity (Wildman–Crippen MR) is 114 cm³/mol. The fourth-order valence-electron chi connectivity index (χ4n) is 2.02. The second-order valence-electron chi connectivity index (χ2n) is 6.32. The van der Waals surface area contributed by atoms with Crippen molar-refractivity contribution < 1.29 is 47.7 Å². The fraction of sp³-hybridized carbons (Fsp3) is 0.524. The first kappa shape index (κ1) is 28.0. The molecule has 0 radical (unpaired) electrons. The molecule has 1 rings (SSSR count). The van der Waals surface area contributed by atoms with E-state index in [9.17, 15) is 19.7 Å². The zero-order valence-electron chi connectivity index (χ0n) is 18.5. The molecule has 1 aromatic carbocycles. The number of rotatable bonds is 18. The van der Waals surface area contributed by atoms with E-state index < -0.39 is 17.0 Å². The summed E-state index contributed by atoms with van der Waals surface area (Å²) in [7, 11) is 0. The van der Waals surface area contributed by atoms with Crippen LogP contribution in [0.25, 0.3) is 0 Å². The third-order valence-electron chi connectivity index (χ3n) is 3.62. The van der Waals surface area contributed by atoms with Gasteiger partial charge in [-0.05, 0) is 19.1 Å². The van der Waals surface area contributed by atoms with E-state index >= 15 is 0 Å². The van der Waals surface area contributed by atoms with Gasteiger partial charge in [-0.3, -0.25) is 10.1 Å². The van der Waals surface area contributed by atoms with E-state index in [0.717, 1.165) is 0 Å². The van der Waals surface area contributed by atoms with Crippen LogP contribution in [-0.4, -0.2) is 83.1 Å². The van der Waals surface area contributed by atoms with Crippen LogP contribution in [0.5, 0.6) is 5.75 Å². The van der Waals surface area contributed by atoms with Crippen LogP contribution in [0.1, 0.15) is 6.92 Å². The number of nitro benzene ring substituents is 1. The molecule has 0 aromatic heterocycles. The van der Waals surface area contributed by atoms with Crippen molar-refractivity contribution in [3.05, 3.63) is 46.5 Å². The summed E-state index contributed by atoms with van der Waals surface area (Å²) >= 11 is 0. The molecule has 0 bridgehead atoms. The standard InChI is InChI=1S/C21H29NO11/c1-17(2)20(23)31-15-13-29-11-9-27-7-8-28-10-12-30-14-16-32-21(24)33-19-5-3-18(4-6-19)22(25)26/h3-6H,1,7-16H2,2H3. The largest absolute Gasteiger partial charge is 0.513 e. The van der Waals surface area contributed by atoms with Crippen molar-refractivity contribution in [3.63, 3.8) is 0 Å². The first-order chi connectivity index (χ1) is 15.9. The van der Waals surface area contributed by atoms with Gasteiger partial charge in [0.1, 0.15) is 19.0 Å². The maximum absolute atomic E-state index is 11.5. The molecule has 12 nitrogen and oxygen atoms in total. The van der Waals surface area contributed by atoms with Crippen LogP contribution in [0.3, 0.4) is 0 Å². The molecule has 0 aliphatic carbocycles. The van der Waals surface area contributed by atoms with Gasteiger partial charge in [-0.2, -0.15) is 0 Å². The first-order valence-corrected chi connectivity index (χ1v) is 10.1. The Balaban J connectivity index is 1.85. The quantitative estimate of drug-likeness (QED) is 0.0777. The molecule has 1 aromatic rings. The lowest BCUT2D eigenvalue weighted by atomic mass is 10.3. The van der Waals surface area contributed by atoms with E-state index in [1.165, 1.54) is 24.3 Å². The average molecular weight is 471 g/mol. The lowest BCUT2D eigenvalue weighted by molar-refractivity contribution is -0.384. The van der Waals surface area contributed by atoms with Gasteiger partial charge in [0, 0.05) is 17.7 Å². The third-order valence-corrected chi connectivity index (χ3v) is 3.62. The van der Waals surface area contributed by atoms with E-state index in [1.807, 2.05) is 0 Å². The number of nitro groups is 1. The Kier molecular flexibility index (Phi) is 14.8. The van der Waals surface area contributed by atoms with Crippen molar-refractivity contribution in [2.75, 3.05) is 66.1 Å². The summed E-state index contributed by atoms with van der Waals surface area (Å²) in [6.07, 6.45) is -0.933. The van der Waals surface area contributed by atoms with Crippen molar-refractivity contribution in [1.82, 2.24) is 0 Å². The summed E-state index contributed by atoms with van der Waals surface area (Å²) in [4.78, 5) is 32.6. The molecule has 0 unspecified atom stereocenters. The molecule has 0 saturated carbocycles. The molecular formula is C21H29NO11. The maximum Gasteiger partial charge on any atom is 0.513 e. The van der Waals surface area contributed by atoms with Crippen LogP contribution in [0.2, 0.25) is 0 Å². The highest BCUT2D eigenvalue weighted by molar-refractivity contribution is 5.86. The van der Waals surface area contributed by atoms with Gasteiger partial charge >= 0.3 is 12.1 Å². The summed E-state index contributed by atoms with van der Waals surface area (Å²) in [5.74, 6) is -0.302. The number of esters is 1. The monoisotopic (exact) mass is 471 g/mol. The van der Waals surface area contributed by atoms with E-state index in [4.69, 9.17) is 33.2 Å². The normalized spacial score (nSPS) is 10.5. The van der Waals surface area contributed by atoms with Gasteiger partial charge in [0.2, 0.25) is 0 Å². The minimum atomic E-state index is -0.933. The second kappa shape index (κ2) is 17.5. The Bertz CT molecular complexity index is 736. The molecule has 0 spiro atoms. The smallest absolute Gasteiger partial charge is 0.460 e. The molecule has 0 aliphatic heterocycles. The van der Waals surface area contributed by atoms with E-state index in [2.05, 4.69) is 6.58 Å². The van der Waals surface area contributed by atoms with E-state index in [-0.39, 0.29) is 37.9 Å². The number of hydrogen-bond donors (Lipinski definition) is 0. The minimum Gasteiger partial charge on any atom is -0.460 e. The van der Waals surface area contributed by atoms with Gasteiger partial charge in [-0.25, -0.2) is 9.59 Å². The third kappa shape index (κ3) is 14.6. The number of carbonyl (C=O) groups excluding carboxylic acids is 2. The Morgan fingerprint density at radius 2 is 1.21 bits per heavy atom. The Morgan fingerprint density at radius 1 is 0.788 bits per heavy atom. The van der Waals surface area contributed by atoms with Crippen LogP contribution in [0.4, 0.5) is 10.5 Å². The summed E-state index contributed by atoms with van der Waals surface area (Å²) in [5, 5.41) is 10.6. The number of ether oxygens (including phenoxy) is 7. The molecule has 0 N–H and O–H groups in total. The number of benzene rings is 1. The second-order valence-corrected chi connectivity index (χ2v) is 6.32. The lowest BCUT2D eigenvalue weighted by Gasteiger charge is -2.08. The molecule has 12 heteroatoms. The minimum absolute atomic E-state index is 0.0126. The molecule has 0 fully saturated rings. The SMILES string of the molecule is C=C(C)C(=O)OCCOCCOCCOCCOCCOC(=O)Oc1ccc([N+](=O)[O-])cc1. The molecule has 0 amide bonds. The maximum atomic E-state index is 11.5. The van der Waals surface area contributed by atoms with Crippen molar-refractivity contribution in [2.45, 2.75) is 6.92 Å². The molecular weight excluding hydrogens is 442 g/mol. The van der Waals surface area contributed by atoms with Crippen LogP contribution in [-0.2, 0) is 33.2 Å². The highest BCUT2D eigenvalue weighted by Crippen LogP contribution is 2.17. The fourth-order valence-corrected chi connectivity index (χ4v) is 2.02. The van der Waals surface area contributed by atoms with E-state index in [0.29, 0.717) is 45.2 Å². The topological polar surface area (TPSA) is 142 Å². The van der Waals surface area contributed by atoms with Gasteiger partial charge in [-0.15, -0.1) is 0 Å². The first-order valence-electron chi connectivity index (χ1n) is 10.1. The van der Waals surface area contributed by atoms with Crippen molar-refractivity contribution in [2.24, 2.45) is 0 Å². The van der Waals surface area contributed by atoms with Crippen LogP contribution < -0.4 is 4.74 Å².